The zero-order valence-corrected chi connectivity index (χ0v) is 6.85. The smallest absolute Gasteiger partial charge is 0.326 e. The molecule has 80 valence electrons. The van der Waals surface area contributed by atoms with Crippen LogP contribution in [0.3, 0.4) is 0 Å². The first kappa shape index (κ1) is 10.7. The van der Waals surface area contributed by atoms with E-state index in [1.807, 2.05) is 0 Å². The highest BCUT2D eigenvalue weighted by Gasteiger charge is 2.35. The maximum absolute atomic E-state index is 12.1. The van der Waals surface area contributed by atoms with Crippen molar-refractivity contribution in [3.05, 3.63) is 17.5 Å². The lowest BCUT2D eigenvalue weighted by molar-refractivity contribution is -0.150. The van der Waals surface area contributed by atoms with E-state index < -0.39 is 24.0 Å². The average molecular weight is 216 g/mol. The van der Waals surface area contributed by atoms with Crippen molar-refractivity contribution in [2.75, 3.05) is 0 Å². The Labute approximate surface area is 75.0 Å². The topological polar surface area (TPSA) is 27.1 Å². The number of hydrogen-bond acceptors (Lipinski definition) is 2. The van der Waals surface area contributed by atoms with Gasteiger partial charge in [-0.2, -0.15) is 22.0 Å². The molecule has 1 heterocycles. The van der Waals surface area contributed by atoms with E-state index in [1.54, 1.807) is 0 Å². The van der Waals surface area contributed by atoms with Crippen LogP contribution >= 0.6 is 0 Å². The molecule has 0 aromatic carbocycles. The van der Waals surface area contributed by atoms with Gasteiger partial charge in [0, 0.05) is 0 Å². The van der Waals surface area contributed by atoms with Crippen molar-refractivity contribution in [2.24, 2.45) is 0 Å². The van der Waals surface area contributed by atoms with Crippen LogP contribution in [0.4, 0.5) is 22.0 Å². The average Bonchev–Trinajstić information content (AvgIpc) is 2.30. The third kappa shape index (κ3) is 2.12. The quantitative estimate of drug-likeness (QED) is 0.705. The fraction of sp³-hybridized carbons (Fsp3) is 0.500. The normalized spacial score (nSPS) is 12.2. The van der Waals surface area contributed by atoms with Crippen LogP contribution in [0.5, 0.6) is 0 Å². The molecular formula is C6H5F5N2O. The highest BCUT2D eigenvalue weighted by Crippen LogP contribution is 2.31. The van der Waals surface area contributed by atoms with Gasteiger partial charge in [0.2, 0.25) is 0 Å². The molecule has 1 aromatic heterocycles. The molecule has 0 saturated heterocycles. The number of nitrogens with zero attached hydrogens (tertiary/aromatic N) is 2. The summed E-state index contributed by atoms with van der Waals surface area (Å²) in [7, 11) is 0. The van der Waals surface area contributed by atoms with Gasteiger partial charge in [0.15, 0.2) is 0 Å². The van der Waals surface area contributed by atoms with Gasteiger partial charge < -0.3 is 4.84 Å². The minimum atomic E-state index is -4.62. The van der Waals surface area contributed by atoms with Gasteiger partial charge >= 0.3 is 12.8 Å². The van der Waals surface area contributed by atoms with Crippen molar-refractivity contribution in [3.8, 4) is 0 Å². The van der Waals surface area contributed by atoms with Crippen molar-refractivity contribution >= 4 is 0 Å². The summed E-state index contributed by atoms with van der Waals surface area (Å²) >= 11 is 0. The van der Waals surface area contributed by atoms with Crippen LogP contribution in [0.25, 0.3) is 0 Å². The van der Waals surface area contributed by atoms with E-state index in [0.29, 0.717) is 6.20 Å². The number of aromatic nitrogens is 2. The molecule has 14 heavy (non-hydrogen) atoms. The fourth-order valence-corrected chi connectivity index (χ4v) is 0.853. The molecule has 0 N–H and O–H groups in total. The van der Waals surface area contributed by atoms with Crippen molar-refractivity contribution in [1.82, 2.24) is 9.94 Å². The Morgan fingerprint density at radius 3 is 2.36 bits per heavy atom. The molecule has 0 atom stereocenters. The van der Waals surface area contributed by atoms with E-state index in [4.69, 9.17) is 0 Å². The maximum atomic E-state index is 12.1. The van der Waals surface area contributed by atoms with E-state index in [0.717, 1.165) is 6.92 Å². The Hall–Kier alpha value is -1.34. The Morgan fingerprint density at radius 2 is 2.00 bits per heavy atom. The van der Waals surface area contributed by atoms with Crippen molar-refractivity contribution < 1.29 is 26.8 Å². The van der Waals surface area contributed by atoms with Crippen molar-refractivity contribution in [2.45, 2.75) is 19.7 Å². The van der Waals surface area contributed by atoms with E-state index in [9.17, 15) is 22.0 Å². The van der Waals surface area contributed by atoms with Crippen LogP contribution in [-0.4, -0.2) is 16.6 Å². The molecule has 0 aliphatic rings. The molecule has 0 bridgehead atoms. The Kier molecular flexibility index (Phi) is 2.63. The Balaban J connectivity index is 2.97. The molecule has 0 amide bonds. The van der Waals surface area contributed by atoms with Gasteiger partial charge in [-0.05, 0) is 6.92 Å². The molecule has 0 unspecified atom stereocenters. The highest BCUT2D eigenvalue weighted by molar-refractivity contribution is 5.18. The van der Waals surface area contributed by atoms with Crippen LogP contribution in [0, 0.1) is 6.92 Å². The largest absolute Gasteiger partial charge is 0.419 e. The van der Waals surface area contributed by atoms with E-state index in [-0.39, 0.29) is 4.85 Å². The summed E-state index contributed by atoms with van der Waals surface area (Å²) < 4.78 is 59.6. The number of alkyl halides is 5. The third-order valence-electron chi connectivity index (χ3n) is 1.45. The van der Waals surface area contributed by atoms with Crippen molar-refractivity contribution in [3.63, 3.8) is 0 Å². The van der Waals surface area contributed by atoms with E-state index in [1.165, 1.54) is 0 Å². The molecule has 0 saturated carbocycles. The second-order valence-corrected chi connectivity index (χ2v) is 2.38. The zero-order valence-electron chi connectivity index (χ0n) is 6.85. The van der Waals surface area contributed by atoms with Gasteiger partial charge in [-0.25, -0.2) is 0 Å². The first-order chi connectivity index (χ1) is 6.32. The van der Waals surface area contributed by atoms with Crippen LogP contribution in [0.15, 0.2) is 6.20 Å². The first-order valence-electron chi connectivity index (χ1n) is 3.39. The second kappa shape index (κ2) is 3.43. The van der Waals surface area contributed by atoms with Gasteiger partial charge in [-0.1, -0.05) is 4.85 Å². The van der Waals surface area contributed by atoms with Crippen LogP contribution in [-0.2, 0) is 6.18 Å². The highest BCUT2D eigenvalue weighted by atomic mass is 19.4. The molecule has 8 heteroatoms. The lowest BCUT2D eigenvalue weighted by Gasteiger charge is -2.07. The Bertz CT molecular complexity index is 319. The predicted octanol–water partition coefficient (Wildman–Crippen LogP) is 1.86. The zero-order chi connectivity index (χ0) is 10.9. The minimum Gasteiger partial charge on any atom is -0.326 e. The lowest BCUT2D eigenvalue weighted by atomic mass is 10.3. The number of hydrogen-bond donors (Lipinski definition) is 0. The monoisotopic (exact) mass is 216 g/mol. The molecular weight excluding hydrogens is 211 g/mol. The Morgan fingerprint density at radius 1 is 1.43 bits per heavy atom. The first-order valence-corrected chi connectivity index (χ1v) is 3.39. The van der Waals surface area contributed by atoms with Gasteiger partial charge in [0.25, 0.3) is 0 Å². The van der Waals surface area contributed by atoms with Crippen LogP contribution in [0.2, 0.25) is 0 Å². The summed E-state index contributed by atoms with van der Waals surface area (Å²) in [4.78, 5) is 3.84. The van der Waals surface area contributed by atoms with Crippen LogP contribution in [0.1, 0.15) is 11.3 Å². The number of halogens is 5. The molecule has 0 fully saturated rings. The lowest BCUT2D eigenvalue weighted by Crippen LogP contribution is -2.20. The molecule has 1 aromatic rings. The van der Waals surface area contributed by atoms with Crippen LogP contribution < -0.4 is 4.84 Å². The summed E-state index contributed by atoms with van der Waals surface area (Å²) in [5, 5.41) is 3.02. The molecule has 3 nitrogen and oxygen atoms in total. The molecule has 0 spiro atoms. The summed E-state index contributed by atoms with van der Waals surface area (Å²) in [6.07, 6.45) is -4.19. The maximum Gasteiger partial charge on any atom is 0.419 e. The molecule has 1 rings (SSSR count). The molecule has 0 radical (unpaired) electrons. The minimum absolute atomic E-state index is 0.146. The molecule has 0 aliphatic carbocycles. The molecule has 0 aliphatic heterocycles. The SMILES string of the molecule is Cc1c(C(F)(F)F)cnn1OC(F)F. The predicted molar refractivity (Wildman–Crippen MR) is 34.6 cm³/mol. The standard InChI is InChI=1S/C6H5F5N2O/c1-3-4(6(9,10)11)2-12-13(3)14-5(7)8/h2,5H,1H3. The summed E-state index contributed by atoms with van der Waals surface area (Å²) in [6.45, 7) is -2.23. The second-order valence-electron chi connectivity index (χ2n) is 2.38. The summed E-state index contributed by atoms with van der Waals surface area (Å²) in [6, 6.07) is 0. The summed E-state index contributed by atoms with van der Waals surface area (Å²) in [5.41, 5.74) is -1.61. The van der Waals surface area contributed by atoms with Gasteiger partial charge in [-0.15, -0.1) is 5.10 Å². The van der Waals surface area contributed by atoms with E-state index >= 15 is 0 Å². The van der Waals surface area contributed by atoms with E-state index in [2.05, 4.69) is 9.94 Å². The number of rotatable bonds is 2. The van der Waals surface area contributed by atoms with Gasteiger partial charge in [-0.3, -0.25) is 0 Å². The van der Waals surface area contributed by atoms with Gasteiger partial charge in [0.05, 0.1) is 11.9 Å². The summed E-state index contributed by atoms with van der Waals surface area (Å²) in [5.74, 6) is 0. The van der Waals surface area contributed by atoms with Crippen molar-refractivity contribution in [1.29, 1.82) is 0 Å². The van der Waals surface area contributed by atoms with Gasteiger partial charge in [0.1, 0.15) is 5.56 Å². The third-order valence-corrected chi connectivity index (χ3v) is 1.45. The fourth-order valence-electron chi connectivity index (χ4n) is 0.853.